The number of aromatic amines is 1. The Morgan fingerprint density at radius 3 is 2.63 bits per heavy atom. The first-order valence-corrected chi connectivity index (χ1v) is 6.50. The van der Waals surface area contributed by atoms with Gasteiger partial charge in [-0.2, -0.15) is 0 Å². The fourth-order valence-electron chi connectivity index (χ4n) is 2.48. The van der Waals surface area contributed by atoms with Crippen LogP contribution in [0.4, 0.5) is 0 Å². The van der Waals surface area contributed by atoms with Crippen molar-refractivity contribution in [3.63, 3.8) is 0 Å². The number of carbonyl (C=O) groups is 2. The van der Waals surface area contributed by atoms with E-state index < -0.39 is 0 Å². The fraction of sp³-hybridized carbons (Fsp3) is 0.538. The molecule has 2 unspecified atom stereocenters. The van der Waals surface area contributed by atoms with Gasteiger partial charge in [-0.3, -0.25) is 19.8 Å². The molecule has 0 aliphatic carbocycles. The quantitative estimate of drug-likeness (QED) is 0.715. The summed E-state index contributed by atoms with van der Waals surface area (Å²) in [5.74, 6) is -0.646. The van der Waals surface area contributed by atoms with Crippen LogP contribution in [0.2, 0.25) is 0 Å². The second-order valence-electron chi connectivity index (χ2n) is 5.12. The van der Waals surface area contributed by atoms with E-state index in [1.165, 1.54) is 0 Å². The molecule has 1 saturated heterocycles. The van der Waals surface area contributed by atoms with E-state index in [-0.39, 0.29) is 18.4 Å². The van der Waals surface area contributed by atoms with Gasteiger partial charge >= 0.3 is 0 Å². The van der Waals surface area contributed by atoms with Crippen LogP contribution >= 0.6 is 0 Å². The molecular formula is C13H20N4O2. The summed E-state index contributed by atoms with van der Waals surface area (Å²) in [7, 11) is 0. The molecule has 104 valence electrons. The third-order valence-electron chi connectivity index (χ3n) is 3.10. The first-order valence-electron chi connectivity index (χ1n) is 6.50. The standard InChI is InChI=1S/C13H20N4O2/c1-9-6-17(7-10(2)15-9)8-12(18)16-13(19)11-4-3-5-14-11/h3-5,9-10,14-15H,6-8H2,1-2H3,(H,16,18,19). The zero-order chi connectivity index (χ0) is 13.8. The molecule has 0 saturated carbocycles. The van der Waals surface area contributed by atoms with Crippen LogP contribution in [0, 0.1) is 0 Å². The number of imide groups is 1. The van der Waals surface area contributed by atoms with Gasteiger partial charge in [0.25, 0.3) is 5.91 Å². The van der Waals surface area contributed by atoms with Crippen molar-refractivity contribution >= 4 is 11.8 Å². The van der Waals surface area contributed by atoms with Crippen molar-refractivity contribution < 1.29 is 9.59 Å². The topological polar surface area (TPSA) is 77.2 Å². The summed E-state index contributed by atoms with van der Waals surface area (Å²) in [6.07, 6.45) is 1.65. The number of aromatic nitrogens is 1. The molecule has 0 bridgehead atoms. The van der Waals surface area contributed by atoms with Gasteiger partial charge in [0.2, 0.25) is 5.91 Å². The third-order valence-corrected chi connectivity index (χ3v) is 3.10. The number of rotatable bonds is 3. The number of amides is 2. The van der Waals surface area contributed by atoms with Crippen LogP contribution in [0.3, 0.4) is 0 Å². The van der Waals surface area contributed by atoms with Gasteiger partial charge in [-0.05, 0) is 26.0 Å². The van der Waals surface area contributed by atoms with Crippen molar-refractivity contribution in [2.45, 2.75) is 25.9 Å². The molecule has 1 aromatic rings. The molecule has 2 amide bonds. The molecule has 6 heteroatoms. The lowest BCUT2D eigenvalue weighted by atomic mass is 10.1. The minimum absolute atomic E-state index is 0.253. The van der Waals surface area contributed by atoms with Gasteiger partial charge in [-0.1, -0.05) is 0 Å². The van der Waals surface area contributed by atoms with E-state index in [0.717, 1.165) is 13.1 Å². The molecule has 2 atom stereocenters. The summed E-state index contributed by atoms with van der Waals surface area (Å²) >= 11 is 0. The average molecular weight is 264 g/mol. The maximum absolute atomic E-state index is 11.8. The van der Waals surface area contributed by atoms with E-state index in [2.05, 4.69) is 34.4 Å². The second kappa shape index (κ2) is 5.99. The van der Waals surface area contributed by atoms with Gasteiger partial charge < -0.3 is 10.3 Å². The maximum atomic E-state index is 11.8. The zero-order valence-corrected chi connectivity index (χ0v) is 11.3. The zero-order valence-electron chi connectivity index (χ0n) is 11.3. The van der Waals surface area contributed by atoms with Crippen molar-refractivity contribution in [3.8, 4) is 0 Å². The van der Waals surface area contributed by atoms with Gasteiger partial charge in [0.1, 0.15) is 5.69 Å². The van der Waals surface area contributed by atoms with Gasteiger partial charge in [-0.25, -0.2) is 0 Å². The molecule has 0 spiro atoms. The minimum Gasteiger partial charge on any atom is -0.357 e. The van der Waals surface area contributed by atoms with Crippen LogP contribution in [0.5, 0.6) is 0 Å². The highest BCUT2D eigenvalue weighted by Crippen LogP contribution is 2.03. The predicted octanol–water partition coefficient (Wildman–Crippen LogP) is -0.0467. The van der Waals surface area contributed by atoms with Crippen LogP contribution in [0.1, 0.15) is 24.3 Å². The predicted molar refractivity (Wildman–Crippen MR) is 71.8 cm³/mol. The number of nitrogens with zero attached hydrogens (tertiary/aromatic N) is 1. The van der Waals surface area contributed by atoms with E-state index in [1.54, 1.807) is 18.3 Å². The first kappa shape index (κ1) is 13.8. The normalized spacial score (nSPS) is 24.1. The molecule has 19 heavy (non-hydrogen) atoms. The molecule has 1 aromatic heterocycles. The van der Waals surface area contributed by atoms with E-state index in [1.807, 2.05) is 0 Å². The van der Waals surface area contributed by atoms with Crippen LogP contribution in [-0.4, -0.2) is 53.4 Å². The largest absolute Gasteiger partial charge is 0.357 e. The van der Waals surface area contributed by atoms with E-state index >= 15 is 0 Å². The van der Waals surface area contributed by atoms with Crippen LogP contribution < -0.4 is 10.6 Å². The first-order chi connectivity index (χ1) is 9.04. The molecule has 1 aliphatic heterocycles. The SMILES string of the molecule is CC1CN(CC(=O)NC(=O)c2ccc[nH]2)CC(C)N1. The van der Waals surface area contributed by atoms with Crippen molar-refractivity contribution in [1.82, 2.24) is 20.5 Å². The van der Waals surface area contributed by atoms with Crippen LogP contribution in [0.15, 0.2) is 18.3 Å². The van der Waals surface area contributed by atoms with E-state index in [4.69, 9.17) is 0 Å². The van der Waals surface area contributed by atoms with Crippen molar-refractivity contribution in [3.05, 3.63) is 24.0 Å². The Morgan fingerprint density at radius 1 is 1.37 bits per heavy atom. The van der Waals surface area contributed by atoms with Gasteiger partial charge in [0.05, 0.1) is 6.54 Å². The fourth-order valence-corrected chi connectivity index (χ4v) is 2.48. The highest BCUT2D eigenvalue weighted by atomic mass is 16.2. The maximum Gasteiger partial charge on any atom is 0.274 e. The number of piperazine rings is 1. The Hall–Kier alpha value is -1.66. The van der Waals surface area contributed by atoms with Gasteiger partial charge in [0.15, 0.2) is 0 Å². The highest BCUT2D eigenvalue weighted by Gasteiger charge is 2.23. The molecule has 6 nitrogen and oxygen atoms in total. The lowest BCUT2D eigenvalue weighted by Crippen LogP contribution is -2.56. The van der Waals surface area contributed by atoms with Crippen molar-refractivity contribution in [2.75, 3.05) is 19.6 Å². The molecular weight excluding hydrogens is 244 g/mol. The Balaban J connectivity index is 1.82. The van der Waals surface area contributed by atoms with Crippen molar-refractivity contribution in [1.29, 1.82) is 0 Å². The Kier molecular flexibility index (Phi) is 4.34. The lowest BCUT2D eigenvalue weighted by Gasteiger charge is -2.35. The summed E-state index contributed by atoms with van der Waals surface area (Å²) in [5.41, 5.74) is 0.399. The number of hydrogen-bond donors (Lipinski definition) is 3. The van der Waals surface area contributed by atoms with Gasteiger partial charge in [-0.15, -0.1) is 0 Å². The Morgan fingerprint density at radius 2 is 2.05 bits per heavy atom. The van der Waals surface area contributed by atoms with Crippen LogP contribution in [-0.2, 0) is 4.79 Å². The molecule has 2 rings (SSSR count). The summed E-state index contributed by atoms with van der Waals surface area (Å²) in [5, 5.41) is 5.79. The number of carbonyl (C=O) groups excluding carboxylic acids is 2. The Labute approximate surface area is 112 Å². The molecule has 0 radical (unpaired) electrons. The molecule has 2 heterocycles. The van der Waals surface area contributed by atoms with Crippen molar-refractivity contribution in [2.24, 2.45) is 0 Å². The lowest BCUT2D eigenvalue weighted by molar-refractivity contribution is -0.121. The van der Waals surface area contributed by atoms with Crippen LogP contribution in [0.25, 0.3) is 0 Å². The summed E-state index contributed by atoms with van der Waals surface area (Å²) in [6.45, 7) is 6.06. The monoisotopic (exact) mass is 264 g/mol. The van der Waals surface area contributed by atoms with E-state index in [9.17, 15) is 9.59 Å². The molecule has 1 fully saturated rings. The van der Waals surface area contributed by atoms with Gasteiger partial charge in [0, 0.05) is 31.4 Å². The summed E-state index contributed by atoms with van der Waals surface area (Å²) in [6, 6.07) is 4.07. The molecule has 0 aromatic carbocycles. The number of nitrogens with one attached hydrogen (secondary N) is 3. The summed E-state index contributed by atoms with van der Waals surface area (Å²) in [4.78, 5) is 28.3. The smallest absolute Gasteiger partial charge is 0.274 e. The minimum atomic E-state index is -0.383. The second-order valence-corrected chi connectivity index (χ2v) is 5.12. The number of H-pyrrole nitrogens is 1. The van der Waals surface area contributed by atoms with E-state index in [0.29, 0.717) is 17.8 Å². The average Bonchev–Trinajstić information content (AvgIpc) is 2.80. The number of hydrogen-bond acceptors (Lipinski definition) is 4. The Bertz CT molecular complexity index is 434. The molecule has 1 aliphatic rings. The summed E-state index contributed by atoms with van der Waals surface area (Å²) < 4.78 is 0. The highest BCUT2D eigenvalue weighted by molar-refractivity contribution is 6.04. The molecule has 3 N–H and O–H groups in total. The third kappa shape index (κ3) is 3.90.